The van der Waals surface area contributed by atoms with Gasteiger partial charge >= 0.3 is 11.8 Å². The fourth-order valence-corrected chi connectivity index (χ4v) is 1.31. The molecule has 1 heterocycles. The van der Waals surface area contributed by atoms with Crippen molar-refractivity contribution in [2.75, 3.05) is 13.1 Å². The summed E-state index contributed by atoms with van der Waals surface area (Å²) >= 11 is 0. The van der Waals surface area contributed by atoms with Crippen molar-refractivity contribution in [3.8, 4) is 0 Å². The lowest BCUT2D eigenvalue weighted by Gasteiger charge is -2.17. The third kappa shape index (κ3) is 3.12. The molecule has 0 spiro atoms. The van der Waals surface area contributed by atoms with Crippen LogP contribution in [-0.4, -0.2) is 29.8 Å². The summed E-state index contributed by atoms with van der Waals surface area (Å²) in [5.41, 5.74) is 0. The van der Waals surface area contributed by atoms with Crippen LogP contribution in [0.4, 0.5) is 0 Å². The first-order chi connectivity index (χ1) is 7.69. The minimum atomic E-state index is -0.597. The Balaban J connectivity index is 2.43. The molecule has 0 saturated carbocycles. The van der Waals surface area contributed by atoms with Crippen LogP contribution in [0.1, 0.15) is 19.6 Å². The number of likely N-dealkylation sites (N-methyl/N-ethyl adjacent to an activating group) is 1. The van der Waals surface area contributed by atoms with Crippen molar-refractivity contribution in [1.82, 2.24) is 10.2 Å². The van der Waals surface area contributed by atoms with Gasteiger partial charge in [-0.05, 0) is 26.0 Å². The molecule has 0 saturated heterocycles. The molecule has 88 valence electrons. The fourth-order valence-electron chi connectivity index (χ4n) is 1.31. The maximum absolute atomic E-state index is 11.5. The number of nitrogens with zero attached hydrogens (tertiary/aromatic N) is 1. The van der Waals surface area contributed by atoms with Crippen molar-refractivity contribution >= 4 is 11.8 Å². The van der Waals surface area contributed by atoms with Crippen molar-refractivity contribution < 1.29 is 14.0 Å². The first kappa shape index (κ1) is 12.3. The summed E-state index contributed by atoms with van der Waals surface area (Å²) in [6.07, 6.45) is 1.52. The summed E-state index contributed by atoms with van der Waals surface area (Å²) in [5, 5.41) is 2.51. The SMILES string of the molecule is CCN(CC)C(=O)C(=O)NCc1ccco1. The van der Waals surface area contributed by atoms with Crippen LogP contribution in [0.2, 0.25) is 0 Å². The quantitative estimate of drug-likeness (QED) is 0.768. The Kier molecular flexibility index (Phi) is 4.57. The van der Waals surface area contributed by atoms with Crippen LogP contribution in [-0.2, 0) is 16.1 Å². The molecule has 0 aliphatic rings. The molecule has 0 aromatic carbocycles. The number of hydrogen-bond acceptors (Lipinski definition) is 3. The molecule has 5 heteroatoms. The van der Waals surface area contributed by atoms with Gasteiger partial charge < -0.3 is 14.6 Å². The minimum absolute atomic E-state index is 0.235. The zero-order chi connectivity index (χ0) is 12.0. The van der Waals surface area contributed by atoms with Gasteiger partial charge in [-0.15, -0.1) is 0 Å². The second kappa shape index (κ2) is 5.95. The van der Waals surface area contributed by atoms with Crippen molar-refractivity contribution in [2.45, 2.75) is 20.4 Å². The van der Waals surface area contributed by atoms with Gasteiger partial charge in [0.25, 0.3) is 0 Å². The number of carbonyl (C=O) groups is 2. The number of carbonyl (C=O) groups excluding carboxylic acids is 2. The van der Waals surface area contributed by atoms with E-state index in [-0.39, 0.29) is 6.54 Å². The number of amides is 2. The highest BCUT2D eigenvalue weighted by Crippen LogP contribution is 1.98. The number of nitrogens with one attached hydrogen (secondary N) is 1. The van der Waals surface area contributed by atoms with Gasteiger partial charge in [-0.25, -0.2) is 0 Å². The summed E-state index contributed by atoms with van der Waals surface area (Å²) < 4.78 is 5.04. The van der Waals surface area contributed by atoms with E-state index in [1.54, 1.807) is 12.1 Å². The Morgan fingerprint density at radius 2 is 2.06 bits per heavy atom. The molecule has 0 aliphatic carbocycles. The van der Waals surface area contributed by atoms with E-state index in [0.717, 1.165) is 0 Å². The predicted molar refractivity (Wildman–Crippen MR) is 58.5 cm³/mol. The molecule has 0 fully saturated rings. The van der Waals surface area contributed by atoms with Gasteiger partial charge in [0.1, 0.15) is 5.76 Å². The normalized spacial score (nSPS) is 9.88. The number of hydrogen-bond donors (Lipinski definition) is 1. The van der Waals surface area contributed by atoms with Crippen molar-refractivity contribution in [1.29, 1.82) is 0 Å². The molecule has 0 atom stereocenters. The molecule has 0 aliphatic heterocycles. The second-order valence-electron chi connectivity index (χ2n) is 3.24. The summed E-state index contributed by atoms with van der Waals surface area (Å²) in [6, 6.07) is 3.47. The van der Waals surface area contributed by atoms with Crippen molar-refractivity contribution in [3.63, 3.8) is 0 Å². The molecular weight excluding hydrogens is 208 g/mol. The summed E-state index contributed by atoms with van der Waals surface area (Å²) in [7, 11) is 0. The van der Waals surface area contributed by atoms with Gasteiger partial charge in [0, 0.05) is 13.1 Å². The van der Waals surface area contributed by atoms with E-state index in [1.807, 2.05) is 13.8 Å². The van der Waals surface area contributed by atoms with Crippen LogP contribution in [0.3, 0.4) is 0 Å². The Morgan fingerprint density at radius 1 is 1.38 bits per heavy atom. The molecule has 1 rings (SSSR count). The van der Waals surface area contributed by atoms with Gasteiger partial charge in [0.15, 0.2) is 0 Å². The molecule has 1 N–H and O–H groups in total. The van der Waals surface area contributed by atoms with Crippen LogP contribution >= 0.6 is 0 Å². The smallest absolute Gasteiger partial charge is 0.311 e. The van der Waals surface area contributed by atoms with E-state index >= 15 is 0 Å². The zero-order valence-electron chi connectivity index (χ0n) is 9.53. The Morgan fingerprint density at radius 3 is 2.56 bits per heavy atom. The fraction of sp³-hybridized carbons (Fsp3) is 0.455. The summed E-state index contributed by atoms with van der Waals surface area (Å²) in [5.74, 6) is -0.475. The second-order valence-corrected chi connectivity index (χ2v) is 3.24. The molecule has 1 aromatic rings. The third-order valence-corrected chi connectivity index (χ3v) is 2.25. The zero-order valence-corrected chi connectivity index (χ0v) is 9.53. The Labute approximate surface area is 94.4 Å². The van der Waals surface area contributed by atoms with Crippen LogP contribution in [0.25, 0.3) is 0 Å². The standard InChI is InChI=1S/C11H16N2O3/c1-3-13(4-2)11(15)10(14)12-8-9-6-5-7-16-9/h5-7H,3-4,8H2,1-2H3,(H,12,14). The van der Waals surface area contributed by atoms with Crippen molar-refractivity contribution in [3.05, 3.63) is 24.2 Å². The molecule has 1 aromatic heterocycles. The average Bonchev–Trinajstić information content (AvgIpc) is 2.80. The Hall–Kier alpha value is -1.78. The molecule has 5 nitrogen and oxygen atoms in total. The highest BCUT2D eigenvalue weighted by atomic mass is 16.3. The van der Waals surface area contributed by atoms with Crippen molar-refractivity contribution in [2.24, 2.45) is 0 Å². The monoisotopic (exact) mass is 224 g/mol. The number of furan rings is 1. The highest BCUT2D eigenvalue weighted by Gasteiger charge is 2.18. The molecule has 16 heavy (non-hydrogen) atoms. The van der Waals surface area contributed by atoms with E-state index in [4.69, 9.17) is 4.42 Å². The molecule has 0 radical (unpaired) electrons. The summed E-state index contributed by atoms with van der Waals surface area (Å²) in [6.45, 7) is 4.97. The topological polar surface area (TPSA) is 62.6 Å². The van der Waals surface area contributed by atoms with E-state index in [2.05, 4.69) is 5.32 Å². The van der Waals surface area contributed by atoms with E-state index in [9.17, 15) is 9.59 Å². The van der Waals surface area contributed by atoms with Crippen LogP contribution in [0.5, 0.6) is 0 Å². The van der Waals surface area contributed by atoms with Crippen LogP contribution < -0.4 is 5.32 Å². The lowest BCUT2D eigenvalue weighted by Crippen LogP contribution is -2.42. The lowest BCUT2D eigenvalue weighted by atomic mass is 10.4. The van der Waals surface area contributed by atoms with Gasteiger partial charge in [-0.3, -0.25) is 9.59 Å². The largest absolute Gasteiger partial charge is 0.467 e. The van der Waals surface area contributed by atoms with Crippen LogP contribution in [0, 0.1) is 0 Å². The molecule has 2 amide bonds. The predicted octanol–water partition coefficient (Wildman–Crippen LogP) is 0.764. The first-order valence-electron chi connectivity index (χ1n) is 5.28. The summed E-state index contributed by atoms with van der Waals surface area (Å²) in [4.78, 5) is 24.5. The highest BCUT2D eigenvalue weighted by molar-refractivity contribution is 6.34. The molecule has 0 bridgehead atoms. The minimum Gasteiger partial charge on any atom is -0.467 e. The van der Waals surface area contributed by atoms with E-state index < -0.39 is 11.8 Å². The van der Waals surface area contributed by atoms with Crippen LogP contribution in [0.15, 0.2) is 22.8 Å². The maximum atomic E-state index is 11.5. The maximum Gasteiger partial charge on any atom is 0.311 e. The number of rotatable bonds is 4. The van der Waals surface area contributed by atoms with E-state index in [0.29, 0.717) is 18.8 Å². The first-order valence-corrected chi connectivity index (χ1v) is 5.28. The molecular formula is C11H16N2O3. The lowest BCUT2D eigenvalue weighted by molar-refractivity contribution is -0.145. The third-order valence-electron chi connectivity index (χ3n) is 2.25. The van der Waals surface area contributed by atoms with Gasteiger partial charge in [0.2, 0.25) is 0 Å². The molecule has 0 unspecified atom stereocenters. The van der Waals surface area contributed by atoms with Gasteiger partial charge in [0.05, 0.1) is 12.8 Å². The van der Waals surface area contributed by atoms with E-state index in [1.165, 1.54) is 11.2 Å². The average molecular weight is 224 g/mol. The Bertz CT molecular complexity index is 342. The van der Waals surface area contributed by atoms with Gasteiger partial charge in [-0.2, -0.15) is 0 Å². The van der Waals surface area contributed by atoms with Gasteiger partial charge in [-0.1, -0.05) is 0 Å².